The fraction of sp³-hybridized carbons (Fsp3) is 0.429. The van der Waals surface area contributed by atoms with Gasteiger partial charge in [-0.3, -0.25) is 0 Å². The maximum absolute atomic E-state index is 6.11. The van der Waals surface area contributed by atoms with Gasteiger partial charge in [0.25, 0.3) is 0 Å². The number of anilines is 1. The number of nitrogens with zero attached hydrogens (tertiary/aromatic N) is 2. The fourth-order valence-corrected chi connectivity index (χ4v) is 2.31. The summed E-state index contributed by atoms with van der Waals surface area (Å²) in [6, 6.07) is 6.60. The van der Waals surface area contributed by atoms with Crippen LogP contribution in [0, 0.1) is 0 Å². The van der Waals surface area contributed by atoms with Gasteiger partial charge >= 0.3 is 0 Å². The molecule has 0 amide bonds. The Hall–Kier alpha value is -1.48. The summed E-state index contributed by atoms with van der Waals surface area (Å²) < 4.78 is 2.30. The fourth-order valence-electron chi connectivity index (χ4n) is 2.31. The van der Waals surface area contributed by atoms with E-state index in [0.717, 1.165) is 12.2 Å². The van der Waals surface area contributed by atoms with E-state index < -0.39 is 0 Å². The van der Waals surface area contributed by atoms with E-state index in [1.807, 2.05) is 12.1 Å². The van der Waals surface area contributed by atoms with Crippen LogP contribution in [0.3, 0.4) is 0 Å². The molecule has 1 heterocycles. The SMILES string of the molecule is CC(C)n1cc(CN(C)C)c2c(N)cccc21. The van der Waals surface area contributed by atoms with Crippen molar-refractivity contribution in [2.75, 3.05) is 19.8 Å². The van der Waals surface area contributed by atoms with Crippen molar-refractivity contribution in [1.29, 1.82) is 0 Å². The molecule has 3 nitrogen and oxygen atoms in total. The van der Waals surface area contributed by atoms with Gasteiger partial charge in [0.2, 0.25) is 0 Å². The molecule has 0 spiro atoms. The van der Waals surface area contributed by atoms with E-state index in [-0.39, 0.29) is 0 Å². The molecule has 2 rings (SSSR count). The van der Waals surface area contributed by atoms with E-state index in [2.05, 4.69) is 49.7 Å². The molecule has 0 aliphatic carbocycles. The van der Waals surface area contributed by atoms with Crippen LogP contribution in [0.25, 0.3) is 10.9 Å². The van der Waals surface area contributed by atoms with Crippen LogP contribution in [-0.2, 0) is 6.54 Å². The van der Waals surface area contributed by atoms with Gasteiger partial charge in [0, 0.05) is 29.9 Å². The zero-order valence-electron chi connectivity index (χ0n) is 11.1. The lowest BCUT2D eigenvalue weighted by atomic mass is 10.1. The van der Waals surface area contributed by atoms with Crippen LogP contribution in [0.1, 0.15) is 25.5 Å². The largest absolute Gasteiger partial charge is 0.398 e. The lowest BCUT2D eigenvalue weighted by Crippen LogP contribution is -2.10. The molecule has 0 atom stereocenters. The highest BCUT2D eigenvalue weighted by Crippen LogP contribution is 2.29. The molecule has 0 radical (unpaired) electrons. The molecular formula is C14H21N3. The smallest absolute Gasteiger partial charge is 0.0506 e. The third-order valence-electron chi connectivity index (χ3n) is 3.01. The van der Waals surface area contributed by atoms with Crippen LogP contribution in [0.15, 0.2) is 24.4 Å². The summed E-state index contributed by atoms with van der Waals surface area (Å²) in [7, 11) is 4.16. The van der Waals surface area contributed by atoms with E-state index in [0.29, 0.717) is 6.04 Å². The standard InChI is InChI=1S/C14H21N3/c1-10(2)17-9-11(8-16(3)4)14-12(15)6-5-7-13(14)17/h5-7,9-10H,8,15H2,1-4H3. The van der Waals surface area contributed by atoms with E-state index in [1.54, 1.807) is 0 Å². The van der Waals surface area contributed by atoms with Gasteiger partial charge in [-0.25, -0.2) is 0 Å². The molecule has 92 valence electrons. The van der Waals surface area contributed by atoms with Crippen LogP contribution in [0.4, 0.5) is 5.69 Å². The van der Waals surface area contributed by atoms with Crippen molar-refractivity contribution in [3.8, 4) is 0 Å². The molecular weight excluding hydrogens is 210 g/mol. The van der Waals surface area contributed by atoms with Gasteiger partial charge in [0.15, 0.2) is 0 Å². The number of rotatable bonds is 3. The van der Waals surface area contributed by atoms with Gasteiger partial charge in [-0.05, 0) is 45.6 Å². The summed E-state index contributed by atoms with van der Waals surface area (Å²) in [4.78, 5) is 2.17. The Morgan fingerprint density at radius 1 is 1.29 bits per heavy atom. The van der Waals surface area contributed by atoms with E-state index >= 15 is 0 Å². The normalized spacial score (nSPS) is 11.9. The highest BCUT2D eigenvalue weighted by Gasteiger charge is 2.12. The zero-order chi connectivity index (χ0) is 12.6. The van der Waals surface area contributed by atoms with Crippen LogP contribution in [0.5, 0.6) is 0 Å². The molecule has 1 aromatic carbocycles. The average Bonchev–Trinajstić information content (AvgIpc) is 2.57. The van der Waals surface area contributed by atoms with Crippen LogP contribution in [-0.4, -0.2) is 23.6 Å². The maximum Gasteiger partial charge on any atom is 0.0506 e. The van der Waals surface area contributed by atoms with Gasteiger partial charge in [-0.15, -0.1) is 0 Å². The minimum absolute atomic E-state index is 0.454. The molecule has 0 bridgehead atoms. The molecule has 1 aromatic heterocycles. The predicted molar refractivity (Wildman–Crippen MR) is 74.1 cm³/mol. The van der Waals surface area contributed by atoms with E-state index in [1.165, 1.54) is 16.5 Å². The first-order valence-electron chi connectivity index (χ1n) is 6.03. The van der Waals surface area contributed by atoms with Crippen LogP contribution >= 0.6 is 0 Å². The number of hydrogen-bond donors (Lipinski definition) is 1. The first-order valence-corrected chi connectivity index (χ1v) is 6.03. The van der Waals surface area contributed by atoms with Crippen molar-refractivity contribution in [2.24, 2.45) is 0 Å². The third-order valence-corrected chi connectivity index (χ3v) is 3.01. The molecule has 3 heteroatoms. The maximum atomic E-state index is 6.11. The number of hydrogen-bond acceptors (Lipinski definition) is 2. The summed E-state index contributed by atoms with van der Waals surface area (Å²) in [5, 5.41) is 1.20. The van der Waals surface area contributed by atoms with Gasteiger partial charge in [-0.1, -0.05) is 6.07 Å². The summed E-state index contributed by atoms with van der Waals surface area (Å²) >= 11 is 0. The quantitative estimate of drug-likeness (QED) is 0.824. The lowest BCUT2D eigenvalue weighted by Gasteiger charge is -2.09. The van der Waals surface area contributed by atoms with Gasteiger partial charge in [0.05, 0.1) is 5.52 Å². The molecule has 2 aromatic rings. The van der Waals surface area contributed by atoms with E-state index in [9.17, 15) is 0 Å². The summed E-state index contributed by atoms with van der Waals surface area (Å²) in [5.41, 5.74) is 9.52. The van der Waals surface area contributed by atoms with Crippen molar-refractivity contribution in [1.82, 2.24) is 9.47 Å². The number of benzene rings is 1. The Morgan fingerprint density at radius 3 is 2.59 bits per heavy atom. The number of nitrogens with two attached hydrogens (primary N) is 1. The van der Waals surface area contributed by atoms with E-state index in [4.69, 9.17) is 5.73 Å². The first kappa shape index (κ1) is 12.0. The topological polar surface area (TPSA) is 34.2 Å². The Bertz CT molecular complexity index is 523. The van der Waals surface area contributed by atoms with Crippen molar-refractivity contribution < 1.29 is 0 Å². The molecule has 2 N–H and O–H groups in total. The second-order valence-corrected chi connectivity index (χ2v) is 5.13. The zero-order valence-corrected chi connectivity index (χ0v) is 11.1. The highest BCUT2D eigenvalue weighted by molar-refractivity contribution is 5.94. The molecule has 0 fully saturated rings. The number of aromatic nitrogens is 1. The van der Waals surface area contributed by atoms with Crippen molar-refractivity contribution in [3.63, 3.8) is 0 Å². The second kappa shape index (κ2) is 4.41. The second-order valence-electron chi connectivity index (χ2n) is 5.13. The Balaban J connectivity index is 2.67. The minimum atomic E-state index is 0.454. The van der Waals surface area contributed by atoms with Gasteiger partial charge in [-0.2, -0.15) is 0 Å². The van der Waals surface area contributed by atoms with Crippen LogP contribution in [0.2, 0.25) is 0 Å². The molecule has 0 aliphatic rings. The minimum Gasteiger partial charge on any atom is -0.398 e. The number of fused-ring (bicyclic) bond motifs is 1. The molecule has 0 saturated carbocycles. The number of nitrogen functional groups attached to an aromatic ring is 1. The Morgan fingerprint density at radius 2 is 2.00 bits per heavy atom. The highest BCUT2D eigenvalue weighted by atomic mass is 15.1. The molecule has 0 saturated heterocycles. The Kier molecular flexibility index (Phi) is 3.11. The molecule has 0 aliphatic heterocycles. The van der Waals surface area contributed by atoms with Crippen LogP contribution < -0.4 is 5.73 Å². The predicted octanol–water partition coefficient (Wildman–Crippen LogP) is 2.87. The van der Waals surface area contributed by atoms with Gasteiger partial charge < -0.3 is 15.2 Å². The average molecular weight is 231 g/mol. The van der Waals surface area contributed by atoms with Crippen molar-refractivity contribution >= 4 is 16.6 Å². The van der Waals surface area contributed by atoms with Crippen molar-refractivity contribution in [3.05, 3.63) is 30.0 Å². The monoisotopic (exact) mass is 231 g/mol. The third kappa shape index (κ3) is 2.15. The molecule has 0 unspecified atom stereocenters. The summed E-state index contributed by atoms with van der Waals surface area (Å²) in [5.74, 6) is 0. The van der Waals surface area contributed by atoms with Crippen molar-refractivity contribution in [2.45, 2.75) is 26.4 Å². The first-order chi connectivity index (χ1) is 8.00. The lowest BCUT2D eigenvalue weighted by molar-refractivity contribution is 0.403. The Labute approximate surface area is 103 Å². The summed E-state index contributed by atoms with van der Waals surface area (Å²) in [6.07, 6.45) is 2.23. The molecule has 17 heavy (non-hydrogen) atoms. The summed E-state index contributed by atoms with van der Waals surface area (Å²) in [6.45, 7) is 5.31. The van der Waals surface area contributed by atoms with Gasteiger partial charge in [0.1, 0.15) is 0 Å².